The highest BCUT2D eigenvalue weighted by molar-refractivity contribution is 5.66. The smallest absolute Gasteiger partial charge is 0.303 e. The lowest BCUT2D eigenvalue weighted by atomic mass is 9.59. The van der Waals surface area contributed by atoms with Crippen molar-refractivity contribution >= 4 is 5.97 Å². The third-order valence-corrected chi connectivity index (χ3v) is 4.55. The molecule has 0 spiro atoms. The number of fused-ring (bicyclic) bond motifs is 3. The number of hydrogen-bond acceptors (Lipinski definition) is 5. The van der Waals surface area contributed by atoms with Crippen LogP contribution in [0.15, 0.2) is 11.8 Å². The van der Waals surface area contributed by atoms with Crippen LogP contribution in [0.2, 0.25) is 0 Å². The summed E-state index contributed by atoms with van der Waals surface area (Å²) in [6.45, 7) is 7.80. The Kier molecular flexibility index (Phi) is 2.70. The summed E-state index contributed by atoms with van der Waals surface area (Å²) in [5.41, 5.74) is -0.589. The van der Waals surface area contributed by atoms with Gasteiger partial charge >= 0.3 is 5.97 Å². The number of rotatable bonds is 1. The molecule has 3 aliphatic rings. The molecule has 2 bridgehead atoms. The van der Waals surface area contributed by atoms with E-state index in [0.717, 1.165) is 18.6 Å². The summed E-state index contributed by atoms with van der Waals surface area (Å²) in [7, 11) is 0. The maximum absolute atomic E-state index is 11.3. The average molecular weight is 268 g/mol. The van der Waals surface area contributed by atoms with Crippen LogP contribution in [0.3, 0.4) is 0 Å². The SMILES string of the molecule is CC(=O)O[C@H]1CCC(C)(C)C2C3=C[C@@H](OO3)O[C@]21C. The highest BCUT2D eigenvalue weighted by Crippen LogP contribution is 2.56. The van der Waals surface area contributed by atoms with Gasteiger partial charge in [-0.15, -0.1) is 0 Å². The lowest BCUT2D eigenvalue weighted by Gasteiger charge is -2.53. The number of carbonyl (C=O) groups excluding carboxylic acids is 1. The van der Waals surface area contributed by atoms with E-state index in [1.807, 2.05) is 13.0 Å². The van der Waals surface area contributed by atoms with E-state index in [0.29, 0.717) is 0 Å². The minimum Gasteiger partial charge on any atom is -0.459 e. The molecule has 5 nitrogen and oxygen atoms in total. The van der Waals surface area contributed by atoms with Crippen molar-refractivity contribution in [1.29, 1.82) is 0 Å². The van der Waals surface area contributed by atoms with E-state index >= 15 is 0 Å². The molecule has 0 N–H and O–H groups in total. The first kappa shape index (κ1) is 12.9. The van der Waals surface area contributed by atoms with E-state index in [4.69, 9.17) is 19.2 Å². The Hall–Kier alpha value is -1.07. The van der Waals surface area contributed by atoms with E-state index in [1.54, 1.807) is 0 Å². The van der Waals surface area contributed by atoms with Gasteiger partial charge in [0.05, 0.1) is 5.92 Å². The maximum Gasteiger partial charge on any atom is 0.303 e. The van der Waals surface area contributed by atoms with Crippen LogP contribution in [0.1, 0.15) is 40.5 Å². The van der Waals surface area contributed by atoms with Gasteiger partial charge in [0, 0.05) is 13.0 Å². The van der Waals surface area contributed by atoms with E-state index in [9.17, 15) is 4.79 Å². The second-order valence-electron chi connectivity index (χ2n) is 6.48. The zero-order valence-electron chi connectivity index (χ0n) is 11.8. The molecule has 19 heavy (non-hydrogen) atoms. The van der Waals surface area contributed by atoms with Crippen LogP contribution in [0.25, 0.3) is 0 Å². The predicted molar refractivity (Wildman–Crippen MR) is 65.6 cm³/mol. The maximum atomic E-state index is 11.3. The standard InChI is InChI=1S/C14H20O5/c1-8(15)16-10-5-6-13(2,3)12-9-7-11(19-18-9)17-14(10,12)4/h7,10-12H,5-6H2,1-4H3/t10-,11+,12?,14-/m0/s1. The quantitative estimate of drug-likeness (QED) is 0.539. The molecule has 4 atom stereocenters. The van der Waals surface area contributed by atoms with Crippen molar-refractivity contribution < 1.29 is 24.0 Å². The summed E-state index contributed by atoms with van der Waals surface area (Å²) in [4.78, 5) is 21.7. The summed E-state index contributed by atoms with van der Waals surface area (Å²) >= 11 is 0. The van der Waals surface area contributed by atoms with Gasteiger partial charge in [0.15, 0.2) is 0 Å². The summed E-state index contributed by atoms with van der Waals surface area (Å²) in [6.07, 6.45) is 2.84. The Balaban J connectivity index is 1.99. The Morgan fingerprint density at radius 1 is 1.42 bits per heavy atom. The largest absolute Gasteiger partial charge is 0.459 e. The van der Waals surface area contributed by atoms with Crippen molar-refractivity contribution in [2.75, 3.05) is 0 Å². The number of esters is 1. The van der Waals surface area contributed by atoms with E-state index in [1.165, 1.54) is 6.92 Å². The predicted octanol–water partition coefficient (Wildman–Crippen LogP) is 2.32. The molecular formula is C14H20O5. The highest BCUT2D eigenvalue weighted by Gasteiger charge is 2.61. The van der Waals surface area contributed by atoms with Crippen LogP contribution in [-0.2, 0) is 24.0 Å². The molecule has 1 saturated carbocycles. The van der Waals surface area contributed by atoms with Crippen molar-refractivity contribution in [2.45, 2.75) is 58.5 Å². The summed E-state index contributed by atoms with van der Waals surface area (Å²) < 4.78 is 11.5. The molecule has 0 aromatic rings. The second kappa shape index (κ2) is 3.96. The lowest BCUT2D eigenvalue weighted by molar-refractivity contribution is -0.327. The molecule has 0 aromatic carbocycles. The Labute approximate surface area is 112 Å². The van der Waals surface area contributed by atoms with Gasteiger partial charge in [0.25, 0.3) is 0 Å². The lowest BCUT2D eigenvalue weighted by Crippen LogP contribution is -2.60. The first-order valence-electron chi connectivity index (χ1n) is 6.73. The van der Waals surface area contributed by atoms with Crippen LogP contribution in [0.4, 0.5) is 0 Å². The fraction of sp³-hybridized carbons (Fsp3) is 0.786. The van der Waals surface area contributed by atoms with Gasteiger partial charge < -0.3 is 14.4 Å². The normalized spacial score (nSPS) is 42.9. The molecular weight excluding hydrogens is 248 g/mol. The second-order valence-corrected chi connectivity index (χ2v) is 6.48. The van der Waals surface area contributed by atoms with Crippen molar-refractivity contribution in [3.63, 3.8) is 0 Å². The van der Waals surface area contributed by atoms with Crippen LogP contribution in [0.5, 0.6) is 0 Å². The third-order valence-electron chi connectivity index (χ3n) is 4.55. The molecule has 1 unspecified atom stereocenters. The van der Waals surface area contributed by atoms with E-state index in [-0.39, 0.29) is 23.4 Å². The zero-order valence-corrected chi connectivity index (χ0v) is 11.8. The van der Waals surface area contributed by atoms with Gasteiger partial charge in [0.2, 0.25) is 6.29 Å². The fourth-order valence-electron chi connectivity index (χ4n) is 3.82. The number of ether oxygens (including phenoxy) is 2. The Bertz CT molecular complexity index is 441. The minimum atomic E-state index is -0.599. The molecule has 5 heteroatoms. The van der Waals surface area contributed by atoms with Crippen LogP contribution in [0, 0.1) is 11.3 Å². The molecule has 3 rings (SSSR count). The van der Waals surface area contributed by atoms with Crippen molar-refractivity contribution in [3.05, 3.63) is 11.8 Å². The van der Waals surface area contributed by atoms with Gasteiger partial charge in [-0.3, -0.25) is 4.79 Å². The van der Waals surface area contributed by atoms with Crippen LogP contribution in [-0.4, -0.2) is 24.0 Å². The van der Waals surface area contributed by atoms with Crippen molar-refractivity contribution in [2.24, 2.45) is 11.3 Å². The average Bonchev–Trinajstić information content (AvgIpc) is 2.64. The highest BCUT2D eigenvalue weighted by atomic mass is 17.2. The number of hydrogen-bond donors (Lipinski definition) is 0. The Morgan fingerprint density at radius 3 is 2.84 bits per heavy atom. The van der Waals surface area contributed by atoms with Gasteiger partial charge in [0.1, 0.15) is 17.5 Å². The molecule has 0 saturated heterocycles. The zero-order chi connectivity index (χ0) is 13.8. The summed E-state index contributed by atoms with van der Waals surface area (Å²) in [6, 6.07) is 0. The molecule has 1 fully saturated rings. The molecule has 106 valence electrons. The summed E-state index contributed by atoms with van der Waals surface area (Å²) in [5.74, 6) is 0.555. The molecule has 0 radical (unpaired) electrons. The molecule has 1 aliphatic carbocycles. The molecule has 2 heterocycles. The molecule has 0 aromatic heterocycles. The van der Waals surface area contributed by atoms with E-state index < -0.39 is 11.9 Å². The topological polar surface area (TPSA) is 54.0 Å². The first-order chi connectivity index (χ1) is 8.83. The molecule has 2 aliphatic heterocycles. The van der Waals surface area contributed by atoms with Crippen molar-refractivity contribution in [1.82, 2.24) is 0 Å². The van der Waals surface area contributed by atoms with Crippen LogP contribution < -0.4 is 0 Å². The first-order valence-corrected chi connectivity index (χ1v) is 6.73. The van der Waals surface area contributed by atoms with Crippen molar-refractivity contribution in [3.8, 4) is 0 Å². The molecule has 0 amide bonds. The van der Waals surface area contributed by atoms with Gasteiger partial charge in [-0.2, -0.15) is 4.89 Å². The summed E-state index contributed by atoms with van der Waals surface area (Å²) in [5, 5.41) is 0. The van der Waals surface area contributed by atoms with Gasteiger partial charge in [-0.25, -0.2) is 0 Å². The third kappa shape index (κ3) is 1.87. The fourth-order valence-corrected chi connectivity index (χ4v) is 3.82. The van der Waals surface area contributed by atoms with E-state index in [2.05, 4.69) is 13.8 Å². The monoisotopic (exact) mass is 268 g/mol. The van der Waals surface area contributed by atoms with Gasteiger partial charge in [-0.05, 0) is 25.2 Å². The van der Waals surface area contributed by atoms with Gasteiger partial charge in [-0.1, -0.05) is 13.8 Å². The number of carbonyl (C=O) groups is 1. The van der Waals surface area contributed by atoms with Crippen LogP contribution >= 0.6 is 0 Å². The minimum absolute atomic E-state index is 0.00982. The Morgan fingerprint density at radius 2 is 2.16 bits per heavy atom.